The molecule has 0 aliphatic carbocycles. The maximum absolute atomic E-state index is 12.4. The van der Waals surface area contributed by atoms with E-state index < -0.39 is 17.9 Å². The molecule has 0 aliphatic heterocycles. The van der Waals surface area contributed by atoms with E-state index in [-0.39, 0.29) is 5.92 Å². The van der Waals surface area contributed by atoms with Gasteiger partial charge in [0.25, 0.3) is 5.91 Å². The molecule has 0 spiro atoms. The van der Waals surface area contributed by atoms with Gasteiger partial charge in [0.1, 0.15) is 11.7 Å². The van der Waals surface area contributed by atoms with Gasteiger partial charge in [0.2, 0.25) is 0 Å². The molecule has 0 aliphatic rings. The van der Waals surface area contributed by atoms with Gasteiger partial charge in [-0.1, -0.05) is 31.9 Å². The normalized spacial score (nSPS) is 13.8. The number of hydrogen-bond acceptors (Lipinski definition) is 2. The number of hydrogen-bond donors (Lipinski definition) is 2. The number of benzene rings is 1. The highest BCUT2D eigenvalue weighted by Crippen LogP contribution is 2.23. The van der Waals surface area contributed by atoms with Crippen LogP contribution in [0.25, 0.3) is 10.9 Å². The summed E-state index contributed by atoms with van der Waals surface area (Å²) < 4.78 is 1.73. The average Bonchev–Trinajstić information content (AvgIpc) is 2.79. The first-order valence-electron chi connectivity index (χ1n) is 7.13. The summed E-state index contributed by atoms with van der Waals surface area (Å²) >= 11 is 5.96. The summed E-state index contributed by atoms with van der Waals surface area (Å²) in [6.07, 6.45) is 0.669. The summed E-state index contributed by atoms with van der Waals surface area (Å²) in [5.41, 5.74) is 1.27. The number of rotatable bonds is 5. The van der Waals surface area contributed by atoms with Gasteiger partial charge in [-0.2, -0.15) is 0 Å². The van der Waals surface area contributed by atoms with E-state index in [0.29, 0.717) is 17.1 Å². The van der Waals surface area contributed by atoms with Crippen LogP contribution in [0.15, 0.2) is 24.3 Å². The number of amides is 1. The van der Waals surface area contributed by atoms with Crippen LogP contribution in [0.2, 0.25) is 5.02 Å². The van der Waals surface area contributed by atoms with E-state index in [0.717, 1.165) is 10.9 Å². The molecule has 2 aromatic rings. The lowest BCUT2D eigenvalue weighted by Crippen LogP contribution is -2.45. The fourth-order valence-corrected chi connectivity index (χ4v) is 2.62. The number of nitrogens with one attached hydrogen (secondary N) is 1. The molecule has 0 fully saturated rings. The lowest BCUT2D eigenvalue weighted by Gasteiger charge is -2.20. The molecule has 0 radical (unpaired) electrons. The van der Waals surface area contributed by atoms with Crippen molar-refractivity contribution in [1.29, 1.82) is 0 Å². The second-order valence-corrected chi connectivity index (χ2v) is 5.90. The number of carboxylic acids is 1. The van der Waals surface area contributed by atoms with Gasteiger partial charge in [0, 0.05) is 23.0 Å². The first kappa shape index (κ1) is 16.4. The molecule has 6 heteroatoms. The second-order valence-electron chi connectivity index (χ2n) is 5.47. The fraction of sp³-hybridized carbons (Fsp3) is 0.375. The zero-order valence-electron chi connectivity index (χ0n) is 12.8. The summed E-state index contributed by atoms with van der Waals surface area (Å²) in [5.74, 6) is -1.57. The van der Waals surface area contributed by atoms with Crippen molar-refractivity contribution in [1.82, 2.24) is 9.88 Å². The molecule has 2 N–H and O–H groups in total. The van der Waals surface area contributed by atoms with E-state index in [4.69, 9.17) is 11.6 Å². The molecule has 0 saturated heterocycles. The lowest BCUT2D eigenvalue weighted by atomic mass is 9.99. The maximum Gasteiger partial charge on any atom is 0.326 e. The Labute approximate surface area is 133 Å². The van der Waals surface area contributed by atoms with Crippen molar-refractivity contribution < 1.29 is 14.7 Å². The second kappa shape index (κ2) is 6.40. The summed E-state index contributed by atoms with van der Waals surface area (Å²) in [6.45, 7) is 3.70. The molecule has 2 rings (SSSR count). The Morgan fingerprint density at radius 3 is 2.64 bits per heavy atom. The molecule has 1 aromatic heterocycles. The minimum atomic E-state index is -1.02. The van der Waals surface area contributed by atoms with Crippen molar-refractivity contribution in [2.24, 2.45) is 13.0 Å². The quantitative estimate of drug-likeness (QED) is 0.888. The van der Waals surface area contributed by atoms with Crippen LogP contribution in [0.1, 0.15) is 30.8 Å². The Morgan fingerprint density at radius 2 is 2.05 bits per heavy atom. The average molecular weight is 323 g/mol. The smallest absolute Gasteiger partial charge is 0.326 e. The first-order chi connectivity index (χ1) is 10.3. The topological polar surface area (TPSA) is 71.3 Å². The van der Waals surface area contributed by atoms with Crippen LogP contribution in [0.3, 0.4) is 0 Å². The number of nitrogens with zero attached hydrogens (tertiary/aromatic N) is 1. The molecule has 1 heterocycles. The Balaban J connectivity index is 2.33. The van der Waals surface area contributed by atoms with Gasteiger partial charge in [-0.25, -0.2) is 4.79 Å². The van der Waals surface area contributed by atoms with Crippen LogP contribution in [0, 0.1) is 5.92 Å². The number of carboxylic acid groups (broad SMARTS) is 1. The van der Waals surface area contributed by atoms with Crippen molar-refractivity contribution in [3.63, 3.8) is 0 Å². The summed E-state index contributed by atoms with van der Waals surface area (Å²) in [7, 11) is 1.77. The molecular formula is C16H19ClN2O3. The van der Waals surface area contributed by atoms with E-state index in [1.165, 1.54) is 0 Å². The van der Waals surface area contributed by atoms with Crippen LogP contribution in [0.4, 0.5) is 0 Å². The molecule has 0 saturated carbocycles. The lowest BCUT2D eigenvalue weighted by molar-refractivity contribution is -0.140. The molecule has 1 aromatic carbocycles. The molecule has 5 nitrogen and oxygen atoms in total. The van der Waals surface area contributed by atoms with Gasteiger partial charge >= 0.3 is 5.97 Å². The third-order valence-electron chi connectivity index (χ3n) is 4.00. The van der Waals surface area contributed by atoms with Crippen LogP contribution < -0.4 is 5.32 Å². The first-order valence-corrected chi connectivity index (χ1v) is 7.51. The number of halogens is 1. The van der Waals surface area contributed by atoms with Crippen molar-refractivity contribution in [3.8, 4) is 0 Å². The minimum absolute atomic E-state index is 0.148. The Kier molecular flexibility index (Phi) is 4.76. The molecule has 118 valence electrons. The number of aryl methyl sites for hydroxylation is 1. The van der Waals surface area contributed by atoms with Crippen molar-refractivity contribution in [2.45, 2.75) is 26.3 Å². The van der Waals surface area contributed by atoms with E-state index in [1.807, 2.05) is 13.0 Å². The zero-order valence-corrected chi connectivity index (χ0v) is 13.5. The number of carbonyl (C=O) groups excluding carboxylic acids is 1. The van der Waals surface area contributed by atoms with E-state index in [2.05, 4.69) is 5.32 Å². The third-order valence-corrected chi connectivity index (χ3v) is 4.24. The van der Waals surface area contributed by atoms with Crippen molar-refractivity contribution >= 4 is 34.4 Å². The van der Waals surface area contributed by atoms with Crippen LogP contribution in [0.5, 0.6) is 0 Å². The van der Waals surface area contributed by atoms with Gasteiger partial charge in [-0.05, 0) is 30.2 Å². The maximum atomic E-state index is 12.4. The van der Waals surface area contributed by atoms with E-state index in [9.17, 15) is 14.7 Å². The Bertz CT molecular complexity index is 723. The van der Waals surface area contributed by atoms with Gasteiger partial charge in [-0.3, -0.25) is 4.79 Å². The van der Waals surface area contributed by atoms with Crippen molar-refractivity contribution in [3.05, 3.63) is 35.0 Å². The molecular weight excluding hydrogens is 304 g/mol. The van der Waals surface area contributed by atoms with E-state index in [1.54, 1.807) is 36.7 Å². The standard InChI is InChI=1S/C16H19ClN2O3/c1-4-9(2)14(16(21)22)18-15(20)13-8-10-7-11(17)5-6-12(10)19(13)3/h5-9,14H,4H2,1-3H3,(H,18,20)(H,21,22)/t9-,14-/m0/s1. The summed E-state index contributed by atoms with van der Waals surface area (Å²) in [5, 5.41) is 13.3. The fourth-order valence-electron chi connectivity index (χ4n) is 2.44. The predicted octanol–water partition coefficient (Wildman–Crippen LogP) is 3.06. The van der Waals surface area contributed by atoms with Gasteiger partial charge in [-0.15, -0.1) is 0 Å². The molecule has 2 atom stereocenters. The molecule has 22 heavy (non-hydrogen) atoms. The van der Waals surface area contributed by atoms with E-state index >= 15 is 0 Å². The minimum Gasteiger partial charge on any atom is -0.480 e. The summed E-state index contributed by atoms with van der Waals surface area (Å²) in [6, 6.07) is 6.17. The monoisotopic (exact) mass is 322 g/mol. The predicted molar refractivity (Wildman–Crippen MR) is 86.3 cm³/mol. The third kappa shape index (κ3) is 3.09. The number of fused-ring (bicyclic) bond motifs is 1. The number of aromatic nitrogens is 1. The van der Waals surface area contributed by atoms with Crippen LogP contribution >= 0.6 is 11.6 Å². The highest BCUT2D eigenvalue weighted by Gasteiger charge is 2.26. The SMILES string of the molecule is CC[C@H](C)[C@H](NC(=O)c1cc2cc(Cl)ccc2n1C)C(=O)O. The van der Waals surface area contributed by atoms with Crippen LogP contribution in [-0.4, -0.2) is 27.6 Å². The van der Waals surface area contributed by atoms with Crippen LogP contribution in [-0.2, 0) is 11.8 Å². The van der Waals surface area contributed by atoms with Crippen molar-refractivity contribution in [2.75, 3.05) is 0 Å². The van der Waals surface area contributed by atoms with Gasteiger partial charge in [0.15, 0.2) is 0 Å². The van der Waals surface area contributed by atoms with Gasteiger partial charge in [0.05, 0.1) is 0 Å². The molecule has 0 bridgehead atoms. The highest BCUT2D eigenvalue weighted by molar-refractivity contribution is 6.31. The largest absolute Gasteiger partial charge is 0.480 e. The molecule has 0 unspecified atom stereocenters. The zero-order chi connectivity index (χ0) is 16.4. The van der Waals surface area contributed by atoms with Gasteiger partial charge < -0.3 is 15.0 Å². The number of aliphatic carboxylic acids is 1. The highest BCUT2D eigenvalue weighted by atomic mass is 35.5. The molecule has 1 amide bonds. The summed E-state index contributed by atoms with van der Waals surface area (Å²) in [4.78, 5) is 23.8. The number of carbonyl (C=O) groups is 2. The Morgan fingerprint density at radius 1 is 1.36 bits per heavy atom. The Hall–Kier alpha value is -2.01.